The monoisotopic (exact) mass is 430 g/mol. The Hall–Kier alpha value is -2.87. The second kappa shape index (κ2) is 8.87. The molecule has 0 saturated carbocycles. The number of likely N-dealkylation sites (tertiary alicyclic amines) is 1. The lowest BCUT2D eigenvalue weighted by Crippen LogP contribution is -2.38. The van der Waals surface area contributed by atoms with Crippen molar-refractivity contribution in [2.24, 2.45) is 0 Å². The molecule has 160 valence electrons. The second-order valence-electron chi connectivity index (χ2n) is 7.46. The first-order valence-electron chi connectivity index (χ1n) is 9.88. The Bertz CT molecular complexity index is 1040. The van der Waals surface area contributed by atoms with Crippen LogP contribution < -0.4 is 4.72 Å². The molecule has 0 spiro atoms. The van der Waals surface area contributed by atoms with Crippen LogP contribution in [-0.2, 0) is 19.6 Å². The number of nitrogens with one attached hydrogen (secondary N) is 1. The van der Waals surface area contributed by atoms with Crippen molar-refractivity contribution in [2.45, 2.75) is 44.6 Å². The molecule has 1 heterocycles. The summed E-state index contributed by atoms with van der Waals surface area (Å²) in [7, 11) is -3.81. The first kappa shape index (κ1) is 21.8. The number of benzene rings is 2. The maximum Gasteiger partial charge on any atom is 0.338 e. The molecule has 0 radical (unpaired) electrons. The van der Waals surface area contributed by atoms with Crippen molar-refractivity contribution in [3.8, 4) is 0 Å². The summed E-state index contributed by atoms with van der Waals surface area (Å²) in [4.78, 5) is 26.4. The summed E-state index contributed by atoms with van der Waals surface area (Å²) in [6.07, 6.45) is 1.03. The normalized spacial score (nSPS) is 15.0. The number of anilines is 1. The van der Waals surface area contributed by atoms with Gasteiger partial charge in [-0.05, 0) is 75.1 Å². The maximum absolute atomic E-state index is 12.7. The molecule has 1 fully saturated rings. The number of hydrogen-bond donors (Lipinski definition) is 1. The van der Waals surface area contributed by atoms with Crippen molar-refractivity contribution >= 4 is 27.6 Å². The van der Waals surface area contributed by atoms with Crippen molar-refractivity contribution in [3.05, 3.63) is 59.2 Å². The Morgan fingerprint density at radius 2 is 1.67 bits per heavy atom. The summed E-state index contributed by atoms with van der Waals surface area (Å²) in [5, 5.41) is 0. The van der Waals surface area contributed by atoms with Gasteiger partial charge in [-0.2, -0.15) is 0 Å². The van der Waals surface area contributed by atoms with Gasteiger partial charge in [0.2, 0.25) is 0 Å². The lowest BCUT2D eigenvalue weighted by molar-refractivity contribution is -0.138. The minimum Gasteiger partial charge on any atom is -0.449 e. The highest BCUT2D eigenvalue weighted by atomic mass is 32.2. The van der Waals surface area contributed by atoms with E-state index in [1.165, 1.54) is 24.3 Å². The molecule has 2 aromatic carbocycles. The molecular weight excluding hydrogens is 404 g/mol. The number of hydrogen-bond acceptors (Lipinski definition) is 5. The van der Waals surface area contributed by atoms with E-state index in [1.54, 1.807) is 24.0 Å². The van der Waals surface area contributed by atoms with Crippen molar-refractivity contribution in [2.75, 3.05) is 17.8 Å². The van der Waals surface area contributed by atoms with Crippen LogP contribution >= 0.6 is 0 Å². The number of rotatable bonds is 6. The maximum atomic E-state index is 12.7. The number of sulfonamides is 1. The summed E-state index contributed by atoms with van der Waals surface area (Å²) in [6.45, 7) is 6.66. The van der Waals surface area contributed by atoms with Crippen LogP contribution in [0.1, 0.15) is 41.3 Å². The highest BCUT2D eigenvalue weighted by molar-refractivity contribution is 7.92. The molecule has 1 aliphatic rings. The van der Waals surface area contributed by atoms with Crippen LogP contribution in [-0.4, -0.2) is 44.4 Å². The summed E-state index contributed by atoms with van der Waals surface area (Å²) in [5.41, 5.74) is 2.51. The molecule has 0 unspecified atom stereocenters. The zero-order chi connectivity index (χ0) is 21.9. The lowest BCUT2D eigenvalue weighted by atomic mass is 10.1. The Balaban J connectivity index is 1.68. The SMILES string of the molecule is Cc1cccc(NS(=O)(=O)c2ccc(C(=O)O[C@H](C)C(=O)N3CCCC3)cc2)c1C. The van der Waals surface area contributed by atoms with Crippen LogP contribution in [0.25, 0.3) is 0 Å². The number of ether oxygens (including phenoxy) is 1. The number of nitrogens with zero attached hydrogens (tertiary/aromatic N) is 1. The third-order valence-electron chi connectivity index (χ3n) is 5.30. The first-order valence-corrected chi connectivity index (χ1v) is 11.4. The van der Waals surface area contributed by atoms with Crippen molar-refractivity contribution in [1.29, 1.82) is 0 Å². The van der Waals surface area contributed by atoms with Crippen LogP contribution in [0.2, 0.25) is 0 Å². The van der Waals surface area contributed by atoms with Gasteiger partial charge >= 0.3 is 5.97 Å². The van der Waals surface area contributed by atoms with E-state index in [1.807, 2.05) is 19.9 Å². The van der Waals surface area contributed by atoms with Gasteiger partial charge < -0.3 is 9.64 Å². The van der Waals surface area contributed by atoms with Crippen LogP contribution in [0.4, 0.5) is 5.69 Å². The molecule has 1 N–H and O–H groups in total. The van der Waals surface area contributed by atoms with Crippen LogP contribution in [0.15, 0.2) is 47.4 Å². The summed E-state index contributed by atoms with van der Waals surface area (Å²) < 4.78 is 33.2. The molecule has 1 amide bonds. The largest absolute Gasteiger partial charge is 0.449 e. The molecule has 3 rings (SSSR count). The van der Waals surface area contributed by atoms with E-state index in [2.05, 4.69) is 4.72 Å². The van der Waals surface area contributed by atoms with Crippen molar-refractivity contribution in [3.63, 3.8) is 0 Å². The summed E-state index contributed by atoms with van der Waals surface area (Å²) in [6, 6.07) is 10.8. The summed E-state index contributed by atoms with van der Waals surface area (Å²) >= 11 is 0. The average Bonchev–Trinajstić information content (AvgIpc) is 3.25. The van der Waals surface area contributed by atoms with Gasteiger partial charge in [0.15, 0.2) is 6.10 Å². The van der Waals surface area contributed by atoms with Gasteiger partial charge in [-0.1, -0.05) is 12.1 Å². The fourth-order valence-electron chi connectivity index (χ4n) is 3.31. The molecular formula is C22H26N2O5S. The molecule has 1 saturated heterocycles. The van der Waals surface area contributed by atoms with E-state index in [9.17, 15) is 18.0 Å². The number of carbonyl (C=O) groups excluding carboxylic acids is 2. The van der Waals surface area contributed by atoms with Crippen LogP contribution in [0.5, 0.6) is 0 Å². The Morgan fingerprint density at radius 1 is 1.03 bits per heavy atom. The molecule has 0 bridgehead atoms. The van der Waals surface area contributed by atoms with Gasteiger partial charge in [-0.15, -0.1) is 0 Å². The zero-order valence-electron chi connectivity index (χ0n) is 17.3. The number of esters is 1. The third-order valence-corrected chi connectivity index (χ3v) is 6.68. The Morgan fingerprint density at radius 3 is 2.30 bits per heavy atom. The van der Waals surface area contributed by atoms with E-state index in [0.29, 0.717) is 18.8 Å². The van der Waals surface area contributed by atoms with Crippen LogP contribution in [0.3, 0.4) is 0 Å². The van der Waals surface area contributed by atoms with Gasteiger partial charge in [0, 0.05) is 13.1 Å². The van der Waals surface area contributed by atoms with Gasteiger partial charge in [-0.3, -0.25) is 9.52 Å². The van der Waals surface area contributed by atoms with E-state index < -0.39 is 22.1 Å². The number of amides is 1. The topological polar surface area (TPSA) is 92.8 Å². The minimum atomic E-state index is -3.81. The summed E-state index contributed by atoms with van der Waals surface area (Å²) in [5.74, 6) is -0.876. The fourth-order valence-corrected chi connectivity index (χ4v) is 4.43. The Kier molecular flexibility index (Phi) is 6.45. The molecule has 30 heavy (non-hydrogen) atoms. The van der Waals surface area contributed by atoms with E-state index in [0.717, 1.165) is 24.0 Å². The predicted molar refractivity (Wildman–Crippen MR) is 114 cm³/mol. The van der Waals surface area contributed by atoms with E-state index in [-0.39, 0.29) is 16.4 Å². The first-order chi connectivity index (χ1) is 14.2. The molecule has 7 nitrogen and oxygen atoms in total. The van der Waals surface area contributed by atoms with E-state index in [4.69, 9.17) is 4.74 Å². The zero-order valence-corrected chi connectivity index (χ0v) is 18.2. The molecule has 2 aromatic rings. The predicted octanol–water partition coefficient (Wildman–Crippen LogP) is 3.27. The standard InChI is InChI=1S/C22H26N2O5S/c1-15-7-6-8-20(16(15)2)23-30(27,28)19-11-9-18(10-12-19)22(26)29-17(3)21(25)24-13-4-5-14-24/h6-12,17,23H,4-5,13-14H2,1-3H3/t17-/m1/s1. The highest BCUT2D eigenvalue weighted by Gasteiger charge is 2.26. The minimum absolute atomic E-state index is 0.0288. The van der Waals surface area contributed by atoms with Crippen molar-refractivity contribution < 1.29 is 22.7 Å². The van der Waals surface area contributed by atoms with Crippen molar-refractivity contribution in [1.82, 2.24) is 4.90 Å². The molecule has 1 aliphatic heterocycles. The smallest absolute Gasteiger partial charge is 0.338 e. The average molecular weight is 431 g/mol. The second-order valence-corrected chi connectivity index (χ2v) is 9.14. The van der Waals surface area contributed by atoms with Gasteiger partial charge in [-0.25, -0.2) is 13.2 Å². The number of aryl methyl sites for hydroxylation is 1. The molecule has 0 aromatic heterocycles. The van der Waals surface area contributed by atoms with Crippen LogP contribution in [0, 0.1) is 13.8 Å². The fraction of sp³-hybridized carbons (Fsp3) is 0.364. The van der Waals surface area contributed by atoms with Gasteiger partial charge in [0.05, 0.1) is 16.1 Å². The molecule has 0 aliphatic carbocycles. The third kappa shape index (κ3) is 4.81. The number of carbonyl (C=O) groups is 2. The quantitative estimate of drug-likeness (QED) is 0.710. The lowest BCUT2D eigenvalue weighted by Gasteiger charge is -2.20. The Labute approximate surface area is 177 Å². The molecule has 1 atom stereocenters. The van der Waals surface area contributed by atoms with Gasteiger partial charge in [0.1, 0.15) is 0 Å². The van der Waals surface area contributed by atoms with Gasteiger partial charge in [0.25, 0.3) is 15.9 Å². The molecule has 8 heteroatoms. The highest BCUT2D eigenvalue weighted by Crippen LogP contribution is 2.22. The van der Waals surface area contributed by atoms with E-state index >= 15 is 0 Å².